The smallest absolute Gasteiger partial charge is 0.0900 e. The van der Waals surface area contributed by atoms with Gasteiger partial charge in [-0.25, -0.2) is 4.98 Å². The zero-order valence-corrected chi connectivity index (χ0v) is 21.6. The third-order valence-corrected chi connectivity index (χ3v) is 7.05. The molecule has 4 nitrogen and oxygen atoms in total. The molecule has 0 saturated carbocycles. The van der Waals surface area contributed by atoms with E-state index in [0.29, 0.717) is 0 Å². The van der Waals surface area contributed by atoms with Crippen molar-refractivity contribution in [1.82, 2.24) is 19.9 Å². The second-order valence-corrected chi connectivity index (χ2v) is 9.56. The van der Waals surface area contributed by atoms with E-state index in [2.05, 4.69) is 87.7 Å². The lowest BCUT2D eigenvalue weighted by Gasteiger charge is -2.14. The Bertz CT molecular complexity index is 1880. The molecule has 0 amide bonds. The summed E-state index contributed by atoms with van der Waals surface area (Å²) in [7, 11) is 0. The van der Waals surface area contributed by atoms with Crippen LogP contribution in [0.5, 0.6) is 0 Å². The van der Waals surface area contributed by atoms with Gasteiger partial charge in [0.25, 0.3) is 0 Å². The molecule has 188 valence electrons. The van der Waals surface area contributed by atoms with Crippen molar-refractivity contribution in [3.63, 3.8) is 0 Å². The lowest BCUT2D eigenvalue weighted by Crippen LogP contribution is -1.94. The normalized spacial score (nSPS) is 11.0. The topological polar surface area (TPSA) is 51.6 Å². The zero-order valence-electron chi connectivity index (χ0n) is 21.6. The zero-order chi connectivity index (χ0) is 26.7. The standard InChI is InChI=1S/C36H24N4/c1-2-13-31-29(18-17-28(30(31)12-1)25-10-9-11-26(22-25)32-14-3-6-19-37-32)27-23-35(33-15-4-7-20-38-33)40-36(24-27)34-16-5-8-21-39-34/h1-24H. The van der Waals surface area contributed by atoms with Crippen molar-refractivity contribution < 1.29 is 0 Å². The van der Waals surface area contributed by atoms with E-state index < -0.39 is 0 Å². The predicted molar refractivity (Wildman–Crippen MR) is 162 cm³/mol. The monoisotopic (exact) mass is 512 g/mol. The van der Waals surface area contributed by atoms with Crippen LogP contribution < -0.4 is 0 Å². The summed E-state index contributed by atoms with van der Waals surface area (Å²) < 4.78 is 0. The van der Waals surface area contributed by atoms with Crippen molar-refractivity contribution in [1.29, 1.82) is 0 Å². The van der Waals surface area contributed by atoms with Gasteiger partial charge in [0.2, 0.25) is 0 Å². The van der Waals surface area contributed by atoms with E-state index in [4.69, 9.17) is 4.98 Å². The number of hydrogen-bond donors (Lipinski definition) is 0. The number of aromatic nitrogens is 4. The summed E-state index contributed by atoms with van der Waals surface area (Å²) in [6.45, 7) is 0. The average Bonchev–Trinajstić information content (AvgIpc) is 3.05. The minimum atomic E-state index is 0.815. The highest BCUT2D eigenvalue weighted by Gasteiger charge is 2.14. The summed E-state index contributed by atoms with van der Waals surface area (Å²) in [5, 5.41) is 2.36. The summed E-state index contributed by atoms with van der Waals surface area (Å²) >= 11 is 0. The second kappa shape index (κ2) is 10.4. The van der Waals surface area contributed by atoms with Crippen molar-refractivity contribution in [3.8, 4) is 56.3 Å². The van der Waals surface area contributed by atoms with Crippen molar-refractivity contribution in [2.45, 2.75) is 0 Å². The van der Waals surface area contributed by atoms with Crippen LogP contribution in [0.25, 0.3) is 67.1 Å². The number of pyridine rings is 4. The van der Waals surface area contributed by atoms with Gasteiger partial charge in [0, 0.05) is 24.2 Å². The number of rotatable bonds is 5. The molecule has 0 fully saturated rings. The molecule has 4 aromatic heterocycles. The highest BCUT2D eigenvalue weighted by atomic mass is 14.8. The Balaban J connectivity index is 1.41. The van der Waals surface area contributed by atoms with Crippen LogP contribution >= 0.6 is 0 Å². The molecule has 7 rings (SSSR count). The van der Waals surface area contributed by atoms with Gasteiger partial charge in [-0.05, 0) is 87.6 Å². The molecule has 4 heteroatoms. The number of fused-ring (bicyclic) bond motifs is 1. The first-order valence-corrected chi connectivity index (χ1v) is 13.2. The molecule has 0 aliphatic heterocycles. The minimum Gasteiger partial charge on any atom is -0.256 e. The molecule has 0 N–H and O–H groups in total. The summed E-state index contributed by atoms with van der Waals surface area (Å²) in [6.07, 6.45) is 5.43. The quantitative estimate of drug-likeness (QED) is 0.231. The molecule has 0 atom stereocenters. The van der Waals surface area contributed by atoms with Gasteiger partial charge < -0.3 is 0 Å². The van der Waals surface area contributed by atoms with Crippen LogP contribution in [0.3, 0.4) is 0 Å². The van der Waals surface area contributed by atoms with E-state index in [0.717, 1.165) is 50.7 Å². The SMILES string of the molecule is c1ccc(-c2cccc(-c3ccc(-c4cc(-c5ccccn5)nc(-c5ccccn5)c4)c4ccccc34)c2)nc1. The van der Waals surface area contributed by atoms with Crippen LogP contribution in [0.15, 0.2) is 146 Å². The molecular weight excluding hydrogens is 488 g/mol. The Kier molecular flexibility index (Phi) is 6.11. The van der Waals surface area contributed by atoms with Crippen LogP contribution in [-0.2, 0) is 0 Å². The maximum Gasteiger partial charge on any atom is 0.0900 e. The Labute approximate surface area is 232 Å². The molecule has 0 bridgehead atoms. The van der Waals surface area contributed by atoms with Gasteiger partial charge in [0.1, 0.15) is 0 Å². The Morgan fingerprint density at radius 2 is 0.825 bits per heavy atom. The van der Waals surface area contributed by atoms with Gasteiger partial charge in [-0.15, -0.1) is 0 Å². The lowest BCUT2D eigenvalue weighted by molar-refractivity contribution is 1.22. The predicted octanol–water partition coefficient (Wildman–Crippen LogP) is 8.75. The Morgan fingerprint density at radius 3 is 1.38 bits per heavy atom. The van der Waals surface area contributed by atoms with Gasteiger partial charge in [-0.3, -0.25) is 15.0 Å². The maximum absolute atomic E-state index is 4.95. The van der Waals surface area contributed by atoms with Crippen LogP contribution in [0.1, 0.15) is 0 Å². The van der Waals surface area contributed by atoms with E-state index in [-0.39, 0.29) is 0 Å². The van der Waals surface area contributed by atoms with Gasteiger partial charge in [-0.2, -0.15) is 0 Å². The Hall–Kier alpha value is -5.48. The van der Waals surface area contributed by atoms with Crippen molar-refractivity contribution in [3.05, 3.63) is 146 Å². The first-order valence-electron chi connectivity index (χ1n) is 13.2. The molecule has 0 unspecified atom stereocenters. The fraction of sp³-hybridized carbons (Fsp3) is 0. The van der Waals surface area contributed by atoms with Gasteiger partial charge in [0.15, 0.2) is 0 Å². The van der Waals surface area contributed by atoms with E-state index in [1.807, 2.05) is 60.8 Å². The van der Waals surface area contributed by atoms with Gasteiger partial charge in [0.05, 0.1) is 28.5 Å². The minimum absolute atomic E-state index is 0.815. The van der Waals surface area contributed by atoms with E-state index in [1.54, 1.807) is 12.4 Å². The fourth-order valence-electron chi connectivity index (χ4n) is 5.16. The number of benzene rings is 3. The molecule has 7 aromatic rings. The molecule has 0 radical (unpaired) electrons. The molecular formula is C36H24N4. The first kappa shape index (κ1) is 23.6. The van der Waals surface area contributed by atoms with E-state index >= 15 is 0 Å². The Morgan fingerprint density at radius 1 is 0.325 bits per heavy atom. The first-order chi connectivity index (χ1) is 19.8. The number of nitrogens with zero attached hydrogens (tertiary/aromatic N) is 4. The highest BCUT2D eigenvalue weighted by molar-refractivity contribution is 6.05. The second-order valence-electron chi connectivity index (χ2n) is 9.56. The molecule has 4 heterocycles. The fourth-order valence-corrected chi connectivity index (χ4v) is 5.16. The van der Waals surface area contributed by atoms with Crippen molar-refractivity contribution in [2.75, 3.05) is 0 Å². The maximum atomic E-state index is 4.95. The van der Waals surface area contributed by atoms with Crippen molar-refractivity contribution >= 4 is 10.8 Å². The van der Waals surface area contributed by atoms with Gasteiger partial charge in [-0.1, -0.05) is 72.8 Å². The molecule has 3 aromatic carbocycles. The summed E-state index contributed by atoms with van der Waals surface area (Å²) in [6, 6.07) is 43.7. The van der Waals surface area contributed by atoms with E-state index in [9.17, 15) is 0 Å². The summed E-state index contributed by atoms with van der Waals surface area (Å²) in [5.41, 5.74) is 9.89. The summed E-state index contributed by atoms with van der Waals surface area (Å²) in [5.74, 6) is 0. The van der Waals surface area contributed by atoms with Crippen molar-refractivity contribution in [2.24, 2.45) is 0 Å². The van der Waals surface area contributed by atoms with Crippen LogP contribution in [-0.4, -0.2) is 19.9 Å². The van der Waals surface area contributed by atoms with Gasteiger partial charge >= 0.3 is 0 Å². The largest absolute Gasteiger partial charge is 0.256 e. The molecule has 40 heavy (non-hydrogen) atoms. The lowest BCUT2D eigenvalue weighted by atomic mass is 9.91. The summed E-state index contributed by atoms with van der Waals surface area (Å²) in [4.78, 5) is 18.7. The molecule has 0 aliphatic rings. The highest BCUT2D eigenvalue weighted by Crippen LogP contribution is 2.38. The molecule has 0 saturated heterocycles. The number of hydrogen-bond acceptors (Lipinski definition) is 4. The van der Waals surface area contributed by atoms with E-state index in [1.165, 1.54) is 16.3 Å². The van der Waals surface area contributed by atoms with Crippen LogP contribution in [0.2, 0.25) is 0 Å². The average molecular weight is 513 g/mol. The molecule has 0 aliphatic carbocycles. The third kappa shape index (κ3) is 4.52. The third-order valence-electron chi connectivity index (χ3n) is 7.05. The van der Waals surface area contributed by atoms with Crippen LogP contribution in [0, 0.1) is 0 Å². The van der Waals surface area contributed by atoms with Crippen LogP contribution in [0.4, 0.5) is 0 Å². The molecule has 0 spiro atoms.